The smallest absolute Gasteiger partial charge is 0.257 e. The Balaban J connectivity index is 1.53. The first-order valence-corrected chi connectivity index (χ1v) is 10.6. The van der Waals surface area contributed by atoms with Gasteiger partial charge in [-0.15, -0.1) is 0 Å². The maximum atomic E-state index is 13.6. The lowest BCUT2D eigenvalue weighted by Crippen LogP contribution is -2.39. The quantitative estimate of drug-likeness (QED) is 0.704. The minimum absolute atomic E-state index is 0.0158. The SMILES string of the molecule is O=C(c1ccccc1O)N1CCCN(C(=O)C(c2ccccc2)c2ccccc2)CC1. The molecule has 1 aliphatic heterocycles. The fourth-order valence-corrected chi connectivity index (χ4v) is 4.12. The van der Waals surface area contributed by atoms with Gasteiger partial charge in [0.05, 0.1) is 11.5 Å². The molecule has 2 amide bonds. The van der Waals surface area contributed by atoms with Crippen LogP contribution in [0.4, 0.5) is 0 Å². The number of phenols is 1. The van der Waals surface area contributed by atoms with E-state index in [0.717, 1.165) is 11.1 Å². The van der Waals surface area contributed by atoms with Crippen LogP contribution in [0.2, 0.25) is 0 Å². The normalized spacial score (nSPS) is 14.4. The predicted octanol–water partition coefficient (Wildman–Crippen LogP) is 3.90. The molecule has 1 fully saturated rings. The summed E-state index contributed by atoms with van der Waals surface area (Å²) in [4.78, 5) is 30.1. The number of hydrogen-bond donors (Lipinski definition) is 1. The molecule has 0 saturated carbocycles. The Kier molecular flexibility index (Phi) is 6.32. The Morgan fingerprint density at radius 1 is 0.677 bits per heavy atom. The molecule has 3 aromatic carbocycles. The van der Waals surface area contributed by atoms with Crippen molar-refractivity contribution in [2.75, 3.05) is 26.2 Å². The Bertz CT molecular complexity index is 997. The number of carbonyl (C=O) groups excluding carboxylic acids is 2. The summed E-state index contributed by atoms with van der Waals surface area (Å²) in [5.41, 5.74) is 2.23. The maximum absolute atomic E-state index is 13.6. The minimum atomic E-state index is -0.372. The summed E-state index contributed by atoms with van der Waals surface area (Å²) in [6.07, 6.45) is 0.696. The van der Waals surface area contributed by atoms with Crippen molar-refractivity contribution in [2.45, 2.75) is 12.3 Å². The monoisotopic (exact) mass is 414 g/mol. The molecule has 0 bridgehead atoms. The summed E-state index contributed by atoms with van der Waals surface area (Å²) in [6.45, 7) is 2.06. The van der Waals surface area contributed by atoms with E-state index in [-0.39, 0.29) is 23.5 Å². The molecule has 3 aromatic rings. The number of aromatic hydroxyl groups is 1. The van der Waals surface area contributed by atoms with E-state index < -0.39 is 0 Å². The summed E-state index contributed by atoms with van der Waals surface area (Å²) in [6, 6.07) is 26.2. The number of phenolic OH excluding ortho intramolecular Hbond substituents is 1. The zero-order valence-electron chi connectivity index (χ0n) is 17.4. The molecule has 4 rings (SSSR count). The minimum Gasteiger partial charge on any atom is -0.507 e. The predicted molar refractivity (Wildman–Crippen MR) is 120 cm³/mol. The van der Waals surface area contributed by atoms with Crippen LogP contribution in [0.1, 0.15) is 33.8 Å². The highest BCUT2D eigenvalue weighted by atomic mass is 16.3. The van der Waals surface area contributed by atoms with Crippen LogP contribution in [0.5, 0.6) is 5.75 Å². The lowest BCUT2D eigenvalue weighted by molar-refractivity contribution is -0.131. The van der Waals surface area contributed by atoms with Crippen LogP contribution in [0.3, 0.4) is 0 Å². The van der Waals surface area contributed by atoms with Gasteiger partial charge in [-0.05, 0) is 29.7 Å². The fraction of sp³-hybridized carbons (Fsp3) is 0.231. The van der Waals surface area contributed by atoms with Crippen LogP contribution in [-0.2, 0) is 4.79 Å². The highest BCUT2D eigenvalue weighted by molar-refractivity contribution is 5.97. The van der Waals surface area contributed by atoms with Crippen LogP contribution in [0, 0.1) is 0 Å². The molecule has 0 atom stereocenters. The van der Waals surface area contributed by atoms with Gasteiger partial charge in [-0.2, -0.15) is 0 Å². The van der Waals surface area contributed by atoms with E-state index in [4.69, 9.17) is 0 Å². The summed E-state index contributed by atoms with van der Waals surface area (Å²) in [5.74, 6) is -0.537. The standard InChI is InChI=1S/C26H26N2O3/c29-23-15-8-7-14-22(23)25(30)27-16-9-17-28(19-18-27)26(31)24(20-10-3-1-4-11-20)21-12-5-2-6-13-21/h1-8,10-15,24,29H,9,16-19H2. The van der Waals surface area contributed by atoms with Gasteiger partial charge in [-0.25, -0.2) is 0 Å². The summed E-state index contributed by atoms with van der Waals surface area (Å²) < 4.78 is 0. The second-order valence-electron chi connectivity index (χ2n) is 7.74. The van der Waals surface area contributed by atoms with Crippen LogP contribution >= 0.6 is 0 Å². The largest absolute Gasteiger partial charge is 0.507 e. The van der Waals surface area contributed by atoms with Gasteiger partial charge in [-0.3, -0.25) is 9.59 Å². The van der Waals surface area contributed by atoms with Crippen molar-refractivity contribution in [3.05, 3.63) is 102 Å². The first kappa shape index (κ1) is 20.7. The summed E-state index contributed by atoms with van der Waals surface area (Å²) >= 11 is 0. The van der Waals surface area contributed by atoms with E-state index >= 15 is 0 Å². The third-order valence-electron chi connectivity index (χ3n) is 5.74. The van der Waals surface area contributed by atoms with Crippen LogP contribution < -0.4 is 0 Å². The molecule has 1 N–H and O–H groups in total. The highest BCUT2D eigenvalue weighted by Crippen LogP contribution is 2.27. The van der Waals surface area contributed by atoms with Crippen LogP contribution in [0.15, 0.2) is 84.9 Å². The number of para-hydroxylation sites is 1. The average molecular weight is 415 g/mol. The van der Waals surface area contributed by atoms with Gasteiger partial charge < -0.3 is 14.9 Å². The molecule has 0 aliphatic carbocycles. The highest BCUT2D eigenvalue weighted by Gasteiger charge is 2.30. The molecule has 158 valence electrons. The first-order valence-electron chi connectivity index (χ1n) is 10.6. The van der Waals surface area contributed by atoms with Crippen molar-refractivity contribution < 1.29 is 14.7 Å². The second kappa shape index (κ2) is 9.47. The molecule has 5 heteroatoms. The molecular weight excluding hydrogens is 388 g/mol. The topological polar surface area (TPSA) is 60.9 Å². The molecule has 1 heterocycles. The molecule has 1 saturated heterocycles. The van der Waals surface area contributed by atoms with Crippen LogP contribution in [-0.4, -0.2) is 52.9 Å². The average Bonchev–Trinajstić information content (AvgIpc) is 3.07. The molecule has 31 heavy (non-hydrogen) atoms. The lowest BCUT2D eigenvalue weighted by atomic mass is 9.90. The van der Waals surface area contributed by atoms with Gasteiger partial charge in [0.2, 0.25) is 5.91 Å². The molecular formula is C26H26N2O3. The van der Waals surface area contributed by atoms with E-state index in [9.17, 15) is 14.7 Å². The van der Waals surface area contributed by atoms with Crippen molar-refractivity contribution in [3.8, 4) is 5.75 Å². The van der Waals surface area contributed by atoms with Crippen molar-refractivity contribution >= 4 is 11.8 Å². The van der Waals surface area contributed by atoms with Gasteiger partial charge in [-0.1, -0.05) is 72.8 Å². The van der Waals surface area contributed by atoms with Crippen molar-refractivity contribution in [3.63, 3.8) is 0 Å². The van der Waals surface area contributed by atoms with Crippen molar-refractivity contribution in [1.29, 1.82) is 0 Å². The summed E-state index contributed by atoms with van der Waals surface area (Å²) in [7, 11) is 0. The summed E-state index contributed by atoms with van der Waals surface area (Å²) in [5, 5.41) is 10.0. The number of nitrogens with zero attached hydrogens (tertiary/aromatic N) is 2. The van der Waals surface area contributed by atoms with Crippen molar-refractivity contribution in [1.82, 2.24) is 9.80 Å². The van der Waals surface area contributed by atoms with Gasteiger partial charge in [0.15, 0.2) is 0 Å². The number of rotatable bonds is 4. The van der Waals surface area contributed by atoms with E-state index in [1.54, 1.807) is 23.1 Å². The number of amides is 2. The number of benzene rings is 3. The molecule has 5 nitrogen and oxygen atoms in total. The van der Waals surface area contributed by atoms with Gasteiger partial charge >= 0.3 is 0 Å². The third kappa shape index (κ3) is 4.61. The van der Waals surface area contributed by atoms with E-state index in [1.165, 1.54) is 6.07 Å². The second-order valence-corrected chi connectivity index (χ2v) is 7.74. The molecule has 0 spiro atoms. The maximum Gasteiger partial charge on any atom is 0.257 e. The van der Waals surface area contributed by atoms with Gasteiger partial charge in [0, 0.05) is 26.2 Å². The molecule has 0 radical (unpaired) electrons. The lowest BCUT2D eigenvalue weighted by Gasteiger charge is -2.27. The van der Waals surface area contributed by atoms with E-state index in [1.807, 2.05) is 65.6 Å². The number of hydrogen-bond acceptors (Lipinski definition) is 3. The zero-order valence-corrected chi connectivity index (χ0v) is 17.4. The third-order valence-corrected chi connectivity index (χ3v) is 5.74. The van der Waals surface area contributed by atoms with Gasteiger partial charge in [0.1, 0.15) is 5.75 Å². The number of carbonyl (C=O) groups is 2. The molecule has 1 aliphatic rings. The Morgan fingerprint density at radius 2 is 1.19 bits per heavy atom. The zero-order chi connectivity index (χ0) is 21.6. The Morgan fingerprint density at radius 3 is 1.81 bits per heavy atom. The van der Waals surface area contributed by atoms with Gasteiger partial charge in [0.25, 0.3) is 5.91 Å². The molecule has 0 unspecified atom stereocenters. The van der Waals surface area contributed by atoms with Crippen LogP contribution in [0.25, 0.3) is 0 Å². The molecule has 0 aromatic heterocycles. The fourth-order valence-electron chi connectivity index (χ4n) is 4.12. The van der Waals surface area contributed by atoms with E-state index in [2.05, 4.69) is 0 Å². The van der Waals surface area contributed by atoms with Crippen molar-refractivity contribution in [2.24, 2.45) is 0 Å². The van der Waals surface area contributed by atoms with E-state index in [0.29, 0.717) is 38.2 Å². The Labute approximate surface area is 182 Å². The first-order chi connectivity index (χ1) is 15.1. The Hall–Kier alpha value is -3.60.